The summed E-state index contributed by atoms with van der Waals surface area (Å²) in [6.45, 7) is 0. The van der Waals surface area contributed by atoms with Crippen molar-refractivity contribution in [1.29, 1.82) is 5.41 Å². The van der Waals surface area contributed by atoms with E-state index >= 15 is 0 Å². The Labute approximate surface area is 163 Å². The molecule has 0 bridgehead atoms. The lowest BCUT2D eigenvalue weighted by Gasteiger charge is -2.11. The van der Waals surface area contributed by atoms with Crippen molar-refractivity contribution >= 4 is 61.9 Å². The van der Waals surface area contributed by atoms with Crippen molar-refractivity contribution in [1.82, 2.24) is 15.0 Å². The fourth-order valence-corrected chi connectivity index (χ4v) is 2.98. The van der Waals surface area contributed by atoms with E-state index in [0.717, 1.165) is 26.8 Å². The van der Waals surface area contributed by atoms with Gasteiger partial charge in [-0.3, -0.25) is 0 Å². The zero-order chi connectivity index (χ0) is 18.8. The average molecular weight is 422 g/mol. The molecular weight excluding hydrogens is 406 g/mol. The van der Waals surface area contributed by atoms with Crippen LogP contribution in [0, 0.1) is 5.41 Å². The Bertz CT molecular complexity index is 1140. The van der Waals surface area contributed by atoms with E-state index in [1.165, 1.54) is 6.21 Å². The van der Waals surface area contributed by atoms with Gasteiger partial charge in [0.25, 0.3) is 0 Å². The molecular formula is C19H16BrN7. The molecule has 27 heavy (non-hydrogen) atoms. The Morgan fingerprint density at radius 2 is 1.89 bits per heavy atom. The van der Waals surface area contributed by atoms with Crippen LogP contribution < -0.4 is 16.4 Å². The predicted octanol–water partition coefficient (Wildman–Crippen LogP) is 4.79. The smallest absolute Gasteiger partial charge is 0.229 e. The van der Waals surface area contributed by atoms with E-state index in [1.807, 2.05) is 36.5 Å². The number of nitrogens with two attached hydrogens (primary N) is 1. The van der Waals surface area contributed by atoms with Crippen molar-refractivity contribution in [2.45, 2.75) is 0 Å². The van der Waals surface area contributed by atoms with Crippen LogP contribution >= 0.6 is 15.9 Å². The number of H-pyrrole nitrogens is 1. The van der Waals surface area contributed by atoms with Gasteiger partial charge in [-0.15, -0.1) is 0 Å². The van der Waals surface area contributed by atoms with E-state index in [9.17, 15) is 0 Å². The maximum Gasteiger partial charge on any atom is 0.229 e. The second-order valence-corrected chi connectivity index (χ2v) is 6.76. The Hall–Kier alpha value is -3.39. The third-order valence-corrected chi connectivity index (χ3v) is 4.64. The lowest BCUT2D eigenvalue weighted by atomic mass is 10.2. The molecule has 0 spiro atoms. The van der Waals surface area contributed by atoms with E-state index in [1.54, 1.807) is 18.3 Å². The molecule has 0 aliphatic heterocycles. The van der Waals surface area contributed by atoms with Crippen molar-refractivity contribution in [3.63, 3.8) is 0 Å². The van der Waals surface area contributed by atoms with Gasteiger partial charge in [0.15, 0.2) is 0 Å². The van der Waals surface area contributed by atoms with Gasteiger partial charge in [-0.2, -0.15) is 4.98 Å². The van der Waals surface area contributed by atoms with Gasteiger partial charge < -0.3 is 26.8 Å². The highest BCUT2D eigenvalue weighted by Gasteiger charge is 2.08. The van der Waals surface area contributed by atoms with E-state index in [4.69, 9.17) is 11.1 Å². The first kappa shape index (κ1) is 17.0. The number of aromatic amines is 1. The van der Waals surface area contributed by atoms with E-state index in [-0.39, 0.29) is 0 Å². The number of aromatic nitrogens is 3. The molecule has 0 fully saturated rings. The number of benzene rings is 2. The van der Waals surface area contributed by atoms with Gasteiger partial charge in [0.1, 0.15) is 5.82 Å². The highest BCUT2D eigenvalue weighted by atomic mass is 79.9. The van der Waals surface area contributed by atoms with Crippen LogP contribution in [0.15, 0.2) is 59.3 Å². The maximum atomic E-state index is 7.41. The summed E-state index contributed by atoms with van der Waals surface area (Å²) in [7, 11) is 0. The molecule has 0 unspecified atom stereocenters. The number of nitrogen functional groups attached to an aromatic ring is 1. The van der Waals surface area contributed by atoms with Gasteiger partial charge in [0.05, 0.1) is 4.47 Å². The number of anilines is 5. The lowest BCUT2D eigenvalue weighted by molar-refractivity contribution is 1.15. The molecule has 2 aromatic carbocycles. The summed E-state index contributed by atoms with van der Waals surface area (Å²) in [5, 5.41) is 15.0. The summed E-state index contributed by atoms with van der Waals surface area (Å²) in [5.41, 5.74) is 9.77. The number of rotatable bonds is 5. The highest BCUT2D eigenvalue weighted by Crippen LogP contribution is 2.27. The first-order chi connectivity index (χ1) is 13.1. The monoisotopic (exact) mass is 421 g/mol. The van der Waals surface area contributed by atoms with Crippen LogP contribution in [0.3, 0.4) is 0 Å². The van der Waals surface area contributed by atoms with E-state index < -0.39 is 0 Å². The fraction of sp³-hybridized carbons (Fsp3) is 0. The average Bonchev–Trinajstić information content (AvgIpc) is 3.14. The molecule has 0 saturated heterocycles. The molecule has 4 rings (SSSR count). The van der Waals surface area contributed by atoms with Crippen LogP contribution in [0.5, 0.6) is 0 Å². The maximum absolute atomic E-state index is 7.41. The zero-order valence-electron chi connectivity index (χ0n) is 14.1. The van der Waals surface area contributed by atoms with E-state index in [2.05, 4.69) is 41.5 Å². The van der Waals surface area contributed by atoms with Crippen molar-refractivity contribution in [2.24, 2.45) is 0 Å². The number of hydrogen-bond acceptors (Lipinski definition) is 6. The van der Waals surface area contributed by atoms with Crippen molar-refractivity contribution in [3.8, 4) is 0 Å². The second-order valence-electron chi connectivity index (χ2n) is 5.91. The first-order valence-corrected chi connectivity index (χ1v) is 8.95. The van der Waals surface area contributed by atoms with E-state index in [0.29, 0.717) is 23.0 Å². The van der Waals surface area contributed by atoms with Gasteiger partial charge >= 0.3 is 0 Å². The Kier molecular flexibility index (Phi) is 4.47. The number of hydrogen-bond donors (Lipinski definition) is 5. The quantitative estimate of drug-likeness (QED) is 0.234. The Morgan fingerprint density at radius 1 is 1.07 bits per heavy atom. The Morgan fingerprint density at radius 3 is 2.74 bits per heavy atom. The van der Waals surface area contributed by atoms with Gasteiger partial charge in [0.2, 0.25) is 5.95 Å². The minimum Gasteiger partial charge on any atom is -0.398 e. The first-order valence-electron chi connectivity index (χ1n) is 8.16. The molecule has 2 heterocycles. The number of nitrogens with one attached hydrogen (secondary N) is 4. The number of halogens is 1. The predicted molar refractivity (Wildman–Crippen MR) is 113 cm³/mol. The van der Waals surface area contributed by atoms with Gasteiger partial charge in [-0.05, 0) is 58.4 Å². The van der Waals surface area contributed by atoms with Crippen molar-refractivity contribution in [3.05, 3.63) is 64.9 Å². The molecule has 6 N–H and O–H groups in total. The molecule has 8 heteroatoms. The summed E-state index contributed by atoms with van der Waals surface area (Å²) in [4.78, 5) is 12.0. The molecule has 0 aliphatic rings. The topological polar surface area (TPSA) is 116 Å². The van der Waals surface area contributed by atoms with Crippen LogP contribution in [0.25, 0.3) is 10.9 Å². The summed E-state index contributed by atoms with van der Waals surface area (Å²) < 4.78 is 0.750. The molecule has 0 amide bonds. The molecule has 134 valence electrons. The number of nitrogens with zero attached hydrogens (tertiary/aromatic N) is 2. The molecule has 0 radical (unpaired) electrons. The van der Waals surface area contributed by atoms with Crippen LogP contribution in [-0.4, -0.2) is 21.2 Å². The zero-order valence-corrected chi connectivity index (χ0v) is 15.7. The Balaban J connectivity index is 1.60. The second kappa shape index (κ2) is 7.08. The normalized spacial score (nSPS) is 10.7. The van der Waals surface area contributed by atoms with Crippen LogP contribution in [0.2, 0.25) is 0 Å². The summed E-state index contributed by atoms with van der Waals surface area (Å²) in [5.74, 6) is 1.08. The lowest BCUT2D eigenvalue weighted by Crippen LogP contribution is -2.02. The molecule has 7 nitrogen and oxygen atoms in total. The highest BCUT2D eigenvalue weighted by molar-refractivity contribution is 9.10. The summed E-state index contributed by atoms with van der Waals surface area (Å²) >= 11 is 3.48. The van der Waals surface area contributed by atoms with Gasteiger partial charge in [-0.25, -0.2) is 4.98 Å². The largest absolute Gasteiger partial charge is 0.398 e. The van der Waals surface area contributed by atoms with Crippen LogP contribution in [-0.2, 0) is 0 Å². The molecule has 0 aliphatic carbocycles. The third-order valence-electron chi connectivity index (χ3n) is 4.06. The minimum absolute atomic E-state index is 0.434. The summed E-state index contributed by atoms with van der Waals surface area (Å²) in [6, 6.07) is 13.4. The fourth-order valence-electron chi connectivity index (χ4n) is 2.69. The standard InChI is InChI=1S/C19H16BrN7/c20-15-10-24-19(26-14-1-3-16(22)12(8-14)9-21)27-18(15)25-13-2-4-17-11(7-13)5-6-23-17/h1-10,21,23H,22H2,(H2,24,25,26,27). The summed E-state index contributed by atoms with van der Waals surface area (Å²) in [6.07, 6.45) is 4.81. The van der Waals surface area contributed by atoms with Crippen molar-refractivity contribution < 1.29 is 0 Å². The third kappa shape index (κ3) is 3.61. The SMILES string of the molecule is N=Cc1cc(Nc2ncc(Br)c(Nc3ccc4[nH]ccc4c3)n2)ccc1N. The van der Waals surface area contributed by atoms with Gasteiger partial charge in [0, 0.05) is 52.1 Å². The molecule has 0 atom stereocenters. The van der Waals surface area contributed by atoms with Crippen LogP contribution in [0.1, 0.15) is 5.56 Å². The number of fused-ring (bicyclic) bond motifs is 1. The van der Waals surface area contributed by atoms with Gasteiger partial charge in [-0.1, -0.05) is 0 Å². The van der Waals surface area contributed by atoms with Crippen molar-refractivity contribution in [2.75, 3.05) is 16.4 Å². The minimum atomic E-state index is 0.434. The molecule has 4 aromatic rings. The molecule has 0 saturated carbocycles. The molecule has 2 aromatic heterocycles. The van der Waals surface area contributed by atoms with Crippen LogP contribution in [0.4, 0.5) is 28.8 Å².